The summed E-state index contributed by atoms with van der Waals surface area (Å²) in [5.74, 6) is 2.19. The van der Waals surface area contributed by atoms with Crippen LogP contribution in [0.2, 0.25) is 0 Å². The number of pyridine rings is 1. The van der Waals surface area contributed by atoms with Crippen molar-refractivity contribution in [1.82, 2.24) is 19.4 Å². The van der Waals surface area contributed by atoms with E-state index in [2.05, 4.69) is 19.9 Å². The van der Waals surface area contributed by atoms with Crippen molar-refractivity contribution < 1.29 is 4.79 Å². The van der Waals surface area contributed by atoms with Gasteiger partial charge in [0.1, 0.15) is 11.6 Å². The number of imidazole rings is 1. The summed E-state index contributed by atoms with van der Waals surface area (Å²) in [6.07, 6.45) is 7.65. The summed E-state index contributed by atoms with van der Waals surface area (Å²) < 4.78 is 2.18. The number of amides is 2. The predicted molar refractivity (Wildman–Crippen MR) is 84.7 cm³/mol. The van der Waals surface area contributed by atoms with Crippen molar-refractivity contribution in [3.05, 3.63) is 42.1 Å². The molecule has 3 rings (SSSR count). The third-order valence-electron chi connectivity index (χ3n) is 4.06. The molecule has 3 heterocycles. The summed E-state index contributed by atoms with van der Waals surface area (Å²) in [6.45, 7) is 3.63. The standard InChI is InChI=1S/C16H21N5O/c1-12-3-5-14(18-9-12)19-16(22)20(2)10-13-4-6-15-17-7-8-21(15)11-13/h3,5,7-9,13H,4,6,10-11H2,1-2H3,(H,18,19,22)/t13-/m1/s1. The highest BCUT2D eigenvalue weighted by Crippen LogP contribution is 2.19. The van der Waals surface area contributed by atoms with Crippen LogP contribution < -0.4 is 5.32 Å². The third kappa shape index (κ3) is 3.27. The molecule has 0 radical (unpaired) electrons. The van der Waals surface area contributed by atoms with Gasteiger partial charge in [0.15, 0.2) is 0 Å². The van der Waals surface area contributed by atoms with Crippen molar-refractivity contribution in [2.75, 3.05) is 18.9 Å². The van der Waals surface area contributed by atoms with Crippen LogP contribution in [0, 0.1) is 12.8 Å². The Morgan fingerprint density at radius 3 is 3.09 bits per heavy atom. The van der Waals surface area contributed by atoms with E-state index in [0.29, 0.717) is 11.7 Å². The van der Waals surface area contributed by atoms with E-state index in [9.17, 15) is 4.79 Å². The Kier molecular flexibility index (Phi) is 4.09. The molecule has 1 atom stereocenters. The second-order valence-corrected chi connectivity index (χ2v) is 5.93. The van der Waals surface area contributed by atoms with Crippen LogP contribution in [-0.2, 0) is 13.0 Å². The second kappa shape index (κ2) is 6.17. The number of anilines is 1. The Hall–Kier alpha value is -2.37. The van der Waals surface area contributed by atoms with Crippen molar-refractivity contribution in [1.29, 1.82) is 0 Å². The fraction of sp³-hybridized carbons (Fsp3) is 0.438. The van der Waals surface area contributed by atoms with Crippen LogP contribution in [0.15, 0.2) is 30.7 Å². The first-order valence-electron chi connectivity index (χ1n) is 7.56. The van der Waals surface area contributed by atoms with Gasteiger partial charge in [-0.05, 0) is 30.9 Å². The largest absolute Gasteiger partial charge is 0.335 e. The Morgan fingerprint density at radius 1 is 1.45 bits per heavy atom. The molecule has 0 saturated carbocycles. The Labute approximate surface area is 130 Å². The molecule has 22 heavy (non-hydrogen) atoms. The van der Waals surface area contributed by atoms with Gasteiger partial charge in [0.25, 0.3) is 0 Å². The van der Waals surface area contributed by atoms with Gasteiger partial charge in [-0.25, -0.2) is 14.8 Å². The lowest BCUT2D eigenvalue weighted by Gasteiger charge is -2.28. The van der Waals surface area contributed by atoms with Gasteiger partial charge in [-0.15, -0.1) is 0 Å². The van der Waals surface area contributed by atoms with Crippen LogP contribution in [0.25, 0.3) is 0 Å². The number of urea groups is 1. The highest BCUT2D eigenvalue weighted by Gasteiger charge is 2.21. The molecule has 0 fully saturated rings. The van der Waals surface area contributed by atoms with E-state index in [-0.39, 0.29) is 6.03 Å². The lowest BCUT2D eigenvalue weighted by molar-refractivity contribution is 0.205. The van der Waals surface area contributed by atoms with E-state index in [1.165, 1.54) is 0 Å². The summed E-state index contributed by atoms with van der Waals surface area (Å²) in [7, 11) is 1.83. The monoisotopic (exact) mass is 299 g/mol. The fourth-order valence-electron chi connectivity index (χ4n) is 2.80. The number of rotatable bonds is 3. The van der Waals surface area contributed by atoms with Gasteiger partial charge < -0.3 is 9.47 Å². The van der Waals surface area contributed by atoms with Crippen molar-refractivity contribution in [3.63, 3.8) is 0 Å². The van der Waals surface area contributed by atoms with Crippen molar-refractivity contribution >= 4 is 11.8 Å². The lowest BCUT2D eigenvalue weighted by Crippen LogP contribution is -2.38. The van der Waals surface area contributed by atoms with Crippen molar-refractivity contribution in [3.8, 4) is 0 Å². The molecular formula is C16H21N5O. The second-order valence-electron chi connectivity index (χ2n) is 5.93. The summed E-state index contributed by atoms with van der Waals surface area (Å²) in [5, 5.41) is 2.83. The minimum atomic E-state index is -0.118. The average molecular weight is 299 g/mol. The summed E-state index contributed by atoms with van der Waals surface area (Å²) in [4.78, 5) is 22.5. The van der Waals surface area contributed by atoms with Crippen molar-refractivity contribution in [2.45, 2.75) is 26.3 Å². The molecule has 116 valence electrons. The van der Waals surface area contributed by atoms with Gasteiger partial charge >= 0.3 is 6.03 Å². The Balaban J connectivity index is 1.54. The van der Waals surface area contributed by atoms with Gasteiger partial charge in [-0.1, -0.05) is 6.07 Å². The smallest absolute Gasteiger partial charge is 0.322 e. The summed E-state index contributed by atoms with van der Waals surface area (Å²) in [5.41, 5.74) is 1.07. The SMILES string of the molecule is Cc1ccc(NC(=O)N(C)C[C@H]2CCc3nccn3C2)nc1. The molecule has 0 unspecified atom stereocenters. The van der Waals surface area contributed by atoms with Gasteiger partial charge in [0, 0.05) is 45.1 Å². The van der Waals surface area contributed by atoms with Crippen molar-refractivity contribution in [2.24, 2.45) is 5.92 Å². The summed E-state index contributed by atoms with van der Waals surface area (Å²) in [6, 6.07) is 3.64. The van der Waals surface area contributed by atoms with Gasteiger partial charge in [0.2, 0.25) is 0 Å². The van der Waals surface area contributed by atoms with E-state index in [1.807, 2.05) is 38.5 Å². The molecule has 0 saturated heterocycles. The number of hydrogen-bond acceptors (Lipinski definition) is 3. The minimum absolute atomic E-state index is 0.118. The predicted octanol–water partition coefficient (Wildman–Crippen LogP) is 2.31. The van der Waals surface area contributed by atoms with Crippen LogP contribution >= 0.6 is 0 Å². The van der Waals surface area contributed by atoms with E-state index in [4.69, 9.17) is 0 Å². The average Bonchev–Trinajstić information content (AvgIpc) is 2.97. The number of aromatic nitrogens is 3. The maximum absolute atomic E-state index is 12.2. The maximum Gasteiger partial charge on any atom is 0.322 e. The van der Waals surface area contributed by atoms with Crippen LogP contribution in [0.1, 0.15) is 17.8 Å². The fourth-order valence-corrected chi connectivity index (χ4v) is 2.80. The number of nitrogens with one attached hydrogen (secondary N) is 1. The quantitative estimate of drug-likeness (QED) is 0.946. The highest BCUT2D eigenvalue weighted by atomic mass is 16.2. The lowest BCUT2D eigenvalue weighted by atomic mass is 9.99. The zero-order valence-electron chi connectivity index (χ0n) is 13.0. The molecule has 1 aliphatic rings. The van der Waals surface area contributed by atoms with Crippen LogP contribution in [-0.4, -0.2) is 39.1 Å². The molecule has 2 aromatic heterocycles. The molecule has 6 nitrogen and oxygen atoms in total. The normalized spacial score (nSPS) is 16.9. The Bertz CT molecular complexity index is 649. The minimum Gasteiger partial charge on any atom is -0.335 e. The van der Waals surface area contributed by atoms with E-state index < -0.39 is 0 Å². The zero-order valence-corrected chi connectivity index (χ0v) is 13.0. The van der Waals surface area contributed by atoms with E-state index in [1.54, 1.807) is 11.1 Å². The molecule has 0 aliphatic carbocycles. The molecule has 0 aromatic carbocycles. The number of fused-ring (bicyclic) bond motifs is 1. The maximum atomic E-state index is 12.2. The van der Waals surface area contributed by atoms with Crippen LogP contribution in [0.3, 0.4) is 0 Å². The van der Waals surface area contributed by atoms with Crippen LogP contribution in [0.4, 0.5) is 10.6 Å². The molecule has 0 bridgehead atoms. The number of carbonyl (C=O) groups excluding carboxylic acids is 1. The number of nitrogens with zero attached hydrogens (tertiary/aromatic N) is 4. The number of carbonyl (C=O) groups is 1. The molecule has 2 amide bonds. The first-order valence-corrected chi connectivity index (χ1v) is 7.56. The van der Waals surface area contributed by atoms with Crippen LogP contribution in [0.5, 0.6) is 0 Å². The molecule has 0 spiro atoms. The third-order valence-corrected chi connectivity index (χ3v) is 4.06. The zero-order chi connectivity index (χ0) is 15.5. The van der Waals surface area contributed by atoms with Gasteiger partial charge in [-0.3, -0.25) is 5.32 Å². The van der Waals surface area contributed by atoms with Gasteiger partial charge in [0.05, 0.1) is 0 Å². The molecular weight excluding hydrogens is 278 g/mol. The molecule has 1 aliphatic heterocycles. The first kappa shape index (κ1) is 14.6. The number of hydrogen-bond donors (Lipinski definition) is 1. The molecule has 2 aromatic rings. The molecule has 1 N–H and O–H groups in total. The van der Waals surface area contributed by atoms with Gasteiger partial charge in [-0.2, -0.15) is 0 Å². The Morgan fingerprint density at radius 2 is 2.32 bits per heavy atom. The summed E-state index contributed by atoms with van der Waals surface area (Å²) >= 11 is 0. The van der Waals surface area contributed by atoms with E-state index in [0.717, 1.165) is 37.3 Å². The highest BCUT2D eigenvalue weighted by molar-refractivity contribution is 5.88. The van der Waals surface area contributed by atoms with E-state index >= 15 is 0 Å². The topological polar surface area (TPSA) is 63.1 Å². The number of aryl methyl sites for hydroxylation is 2. The first-order chi connectivity index (χ1) is 10.6. The molecule has 6 heteroatoms.